The van der Waals surface area contributed by atoms with Crippen LogP contribution < -0.4 is 0 Å². The minimum absolute atomic E-state index is 0.0338. The quantitative estimate of drug-likeness (QED) is 0.360. The Kier molecular flexibility index (Phi) is 6.92. The molecule has 3 heterocycles. The fraction of sp³-hybridized carbons (Fsp3) is 0.276. The second kappa shape index (κ2) is 10.4. The summed E-state index contributed by atoms with van der Waals surface area (Å²) < 4.78 is 10.1. The van der Waals surface area contributed by atoms with E-state index in [0.29, 0.717) is 11.1 Å². The lowest BCUT2D eigenvalue weighted by Crippen LogP contribution is -2.40. The molecule has 1 N–H and O–H groups in total. The van der Waals surface area contributed by atoms with Gasteiger partial charge in [0, 0.05) is 6.54 Å². The van der Waals surface area contributed by atoms with Crippen LogP contribution >= 0.6 is 0 Å². The molecule has 2 aromatic carbocycles. The van der Waals surface area contributed by atoms with Crippen molar-refractivity contribution < 1.29 is 28.6 Å². The third-order valence-electron chi connectivity index (χ3n) is 7.08. The van der Waals surface area contributed by atoms with E-state index in [2.05, 4.69) is 4.90 Å². The summed E-state index contributed by atoms with van der Waals surface area (Å²) in [4.78, 5) is 42.8. The lowest BCUT2D eigenvalue weighted by molar-refractivity contribution is -0.130. The predicted octanol–water partition coefficient (Wildman–Crippen LogP) is 4.48. The zero-order chi connectivity index (χ0) is 25.9. The number of furan rings is 1. The van der Waals surface area contributed by atoms with E-state index in [4.69, 9.17) is 9.15 Å². The van der Waals surface area contributed by atoms with E-state index in [1.54, 1.807) is 35.2 Å². The minimum Gasteiger partial charge on any atom is -0.503 e. The number of amides is 1. The average Bonchev–Trinajstić information content (AvgIpc) is 3.70. The van der Waals surface area contributed by atoms with Crippen molar-refractivity contribution >= 4 is 17.7 Å². The van der Waals surface area contributed by atoms with Crippen molar-refractivity contribution in [3.8, 4) is 0 Å². The topological polar surface area (TPSA) is 100 Å². The Morgan fingerprint density at radius 3 is 2.35 bits per heavy atom. The molecule has 8 heteroatoms. The predicted molar refractivity (Wildman–Crippen MR) is 135 cm³/mol. The van der Waals surface area contributed by atoms with E-state index in [1.165, 1.54) is 19.4 Å². The first-order chi connectivity index (χ1) is 18.0. The molecule has 2 aliphatic heterocycles. The minimum atomic E-state index is -0.856. The second-order valence-corrected chi connectivity index (χ2v) is 9.21. The summed E-state index contributed by atoms with van der Waals surface area (Å²) in [7, 11) is 1.30. The number of methoxy groups -OCH3 is 1. The van der Waals surface area contributed by atoms with Gasteiger partial charge in [-0.25, -0.2) is 4.79 Å². The fourth-order valence-corrected chi connectivity index (χ4v) is 5.23. The van der Waals surface area contributed by atoms with Crippen molar-refractivity contribution in [2.24, 2.45) is 0 Å². The number of Topliss-reactive ketones (excluding diaryl/α,β-unsaturated/α-hetero) is 1. The van der Waals surface area contributed by atoms with Gasteiger partial charge in [0.05, 0.1) is 36.6 Å². The molecule has 0 radical (unpaired) electrons. The summed E-state index contributed by atoms with van der Waals surface area (Å²) in [5, 5.41) is 11.0. The molecule has 0 saturated carbocycles. The third kappa shape index (κ3) is 4.68. The van der Waals surface area contributed by atoms with Crippen LogP contribution in [-0.4, -0.2) is 59.3 Å². The van der Waals surface area contributed by atoms with Gasteiger partial charge in [0.15, 0.2) is 11.5 Å². The molecule has 8 nitrogen and oxygen atoms in total. The zero-order valence-electron chi connectivity index (χ0n) is 20.5. The molecular weight excluding hydrogens is 472 g/mol. The summed E-state index contributed by atoms with van der Waals surface area (Å²) in [5.74, 6) is -2.22. The van der Waals surface area contributed by atoms with Crippen LogP contribution in [0.3, 0.4) is 0 Å². The monoisotopic (exact) mass is 500 g/mol. The van der Waals surface area contributed by atoms with Gasteiger partial charge in [0.1, 0.15) is 0 Å². The first-order valence-electron chi connectivity index (χ1n) is 12.3. The number of hydrogen-bond donors (Lipinski definition) is 1. The molecule has 5 rings (SSSR count). The number of nitrogens with zero attached hydrogens (tertiary/aromatic N) is 2. The van der Waals surface area contributed by atoms with Gasteiger partial charge in [0.2, 0.25) is 5.78 Å². The number of aliphatic hydroxyl groups excluding tert-OH is 1. The Morgan fingerprint density at radius 1 is 1.03 bits per heavy atom. The Hall–Kier alpha value is -4.17. The van der Waals surface area contributed by atoms with Gasteiger partial charge < -0.3 is 19.2 Å². The van der Waals surface area contributed by atoms with Crippen LogP contribution in [0.5, 0.6) is 0 Å². The summed E-state index contributed by atoms with van der Waals surface area (Å²) >= 11 is 0. The molecule has 190 valence electrons. The van der Waals surface area contributed by atoms with Crippen LogP contribution in [0.1, 0.15) is 57.0 Å². The van der Waals surface area contributed by atoms with E-state index in [1.807, 2.05) is 30.3 Å². The second-order valence-electron chi connectivity index (χ2n) is 9.21. The van der Waals surface area contributed by atoms with Gasteiger partial charge >= 0.3 is 5.97 Å². The Labute approximate surface area is 214 Å². The summed E-state index contributed by atoms with van der Waals surface area (Å²) in [6.07, 6.45) is 3.52. The maximum atomic E-state index is 13.5. The van der Waals surface area contributed by atoms with E-state index < -0.39 is 29.5 Å². The van der Waals surface area contributed by atoms with E-state index in [0.717, 1.165) is 31.5 Å². The Morgan fingerprint density at radius 2 is 1.73 bits per heavy atom. The molecule has 1 amide bonds. The van der Waals surface area contributed by atoms with Crippen LogP contribution in [0.2, 0.25) is 0 Å². The number of hydrogen-bond acceptors (Lipinski definition) is 7. The van der Waals surface area contributed by atoms with Gasteiger partial charge in [-0.1, -0.05) is 42.5 Å². The highest BCUT2D eigenvalue weighted by molar-refractivity contribution is 6.15. The molecule has 37 heavy (non-hydrogen) atoms. The lowest BCUT2D eigenvalue weighted by Gasteiger charge is -2.35. The first kappa shape index (κ1) is 24.5. The van der Waals surface area contributed by atoms with E-state index in [-0.39, 0.29) is 23.9 Å². The highest BCUT2D eigenvalue weighted by Gasteiger charge is 2.45. The highest BCUT2D eigenvalue weighted by atomic mass is 16.5. The highest BCUT2D eigenvalue weighted by Crippen LogP contribution is 2.41. The van der Waals surface area contributed by atoms with E-state index >= 15 is 0 Å². The van der Waals surface area contributed by atoms with Crippen molar-refractivity contribution in [2.75, 3.05) is 26.7 Å². The zero-order valence-corrected chi connectivity index (χ0v) is 20.5. The first-order valence-corrected chi connectivity index (χ1v) is 12.3. The number of ether oxygens (including phenoxy) is 1. The summed E-state index contributed by atoms with van der Waals surface area (Å²) in [6.45, 7) is 2.07. The van der Waals surface area contributed by atoms with Crippen molar-refractivity contribution in [1.82, 2.24) is 9.80 Å². The SMILES string of the molecule is COC(=O)c1ccc(C2C(C(=O)c3ccco3)=C(O)C(=O)N2CC(c2ccccc2)N2CCCC2)cc1. The standard InChI is InChI=1S/C29H28N2O6/c1-36-29(35)21-13-11-20(12-14-21)25-24(26(32)23-10-7-17-37-23)27(33)28(34)31(25)18-22(30-15-5-6-16-30)19-8-3-2-4-9-19/h2-4,7-14,17,22,25,33H,5-6,15-16,18H2,1H3. The van der Waals surface area contributed by atoms with Crippen LogP contribution in [0.15, 0.2) is 88.7 Å². The number of carbonyl (C=O) groups is 3. The summed E-state index contributed by atoms with van der Waals surface area (Å²) in [5.41, 5.74) is 1.95. The van der Waals surface area contributed by atoms with E-state index in [9.17, 15) is 19.5 Å². The molecule has 2 aliphatic rings. The van der Waals surface area contributed by atoms with Crippen molar-refractivity contribution in [2.45, 2.75) is 24.9 Å². The number of carbonyl (C=O) groups excluding carboxylic acids is 3. The molecule has 0 bridgehead atoms. The molecule has 2 atom stereocenters. The normalized spacial score (nSPS) is 18.9. The maximum absolute atomic E-state index is 13.5. The fourth-order valence-electron chi connectivity index (χ4n) is 5.23. The van der Waals surface area contributed by atoms with Crippen LogP contribution in [-0.2, 0) is 9.53 Å². The third-order valence-corrected chi connectivity index (χ3v) is 7.08. The van der Waals surface area contributed by atoms with Gasteiger partial charge in [0.25, 0.3) is 5.91 Å². The van der Waals surface area contributed by atoms with Gasteiger partial charge in [-0.3, -0.25) is 14.5 Å². The molecule has 1 saturated heterocycles. The molecule has 1 aromatic heterocycles. The molecule has 1 fully saturated rings. The van der Waals surface area contributed by atoms with Crippen molar-refractivity contribution in [1.29, 1.82) is 0 Å². The van der Waals surface area contributed by atoms with Gasteiger partial charge in [-0.05, 0) is 61.3 Å². The van der Waals surface area contributed by atoms with Crippen LogP contribution in [0, 0.1) is 0 Å². The number of rotatable bonds is 8. The number of benzene rings is 2. The number of likely N-dealkylation sites (tertiary alicyclic amines) is 1. The molecule has 3 aromatic rings. The maximum Gasteiger partial charge on any atom is 0.337 e. The van der Waals surface area contributed by atoms with Crippen molar-refractivity contribution in [3.63, 3.8) is 0 Å². The number of esters is 1. The summed E-state index contributed by atoms with van der Waals surface area (Å²) in [6, 6.07) is 18.6. The van der Waals surface area contributed by atoms with Crippen molar-refractivity contribution in [3.05, 3.63) is 107 Å². The largest absolute Gasteiger partial charge is 0.503 e. The average molecular weight is 501 g/mol. The molecule has 0 spiro atoms. The Balaban J connectivity index is 1.56. The molecule has 0 aliphatic carbocycles. The number of aliphatic hydroxyl groups is 1. The van der Waals surface area contributed by atoms with Gasteiger partial charge in [-0.2, -0.15) is 0 Å². The van der Waals surface area contributed by atoms with Crippen LogP contribution in [0.4, 0.5) is 0 Å². The Bertz CT molecular complexity index is 1310. The smallest absolute Gasteiger partial charge is 0.337 e. The lowest BCUT2D eigenvalue weighted by atomic mass is 9.93. The molecular formula is C29H28N2O6. The van der Waals surface area contributed by atoms with Crippen LogP contribution in [0.25, 0.3) is 0 Å². The number of ketones is 1. The van der Waals surface area contributed by atoms with Gasteiger partial charge in [-0.15, -0.1) is 0 Å². The molecule has 2 unspecified atom stereocenters.